The highest BCUT2D eigenvalue weighted by atomic mass is 16.5. The Labute approximate surface area is 87.5 Å². The van der Waals surface area contributed by atoms with E-state index in [2.05, 4.69) is 6.92 Å². The molecule has 14 heavy (non-hydrogen) atoms. The van der Waals surface area contributed by atoms with Crippen LogP contribution in [-0.4, -0.2) is 12.6 Å². The second-order valence-corrected chi connectivity index (χ2v) is 4.12. The molecule has 1 rings (SSSR count). The van der Waals surface area contributed by atoms with Crippen LogP contribution in [-0.2, 0) is 4.74 Å². The predicted octanol–water partition coefficient (Wildman–Crippen LogP) is 2.98. The van der Waals surface area contributed by atoms with Crippen LogP contribution in [0.15, 0.2) is 11.8 Å². The average Bonchev–Trinajstić information content (AvgIpc) is 2.25. The first-order valence-corrected chi connectivity index (χ1v) is 5.90. The number of rotatable bonds is 6. The molecule has 0 aromatic rings. The smallest absolute Gasteiger partial charge is 0.0876 e. The standard InChI is InChI=1S/C12H23NO/c1-2-3-4-5-8-12(13)11-7-6-9-14-10-11/h10,12H,2-9,13H2,1H3. The van der Waals surface area contributed by atoms with Crippen LogP contribution >= 0.6 is 0 Å². The van der Waals surface area contributed by atoms with Crippen molar-refractivity contribution >= 4 is 0 Å². The third-order valence-corrected chi connectivity index (χ3v) is 2.81. The highest BCUT2D eigenvalue weighted by molar-refractivity contribution is 5.08. The summed E-state index contributed by atoms with van der Waals surface area (Å²) in [7, 11) is 0. The van der Waals surface area contributed by atoms with E-state index in [-0.39, 0.29) is 6.04 Å². The fourth-order valence-corrected chi connectivity index (χ4v) is 1.83. The topological polar surface area (TPSA) is 35.2 Å². The Balaban J connectivity index is 2.13. The summed E-state index contributed by atoms with van der Waals surface area (Å²) in [6.45, 7) is 3.10. The van der Waals surface area contributed by atoms with Gasteiger partial charge < -0.3 is 10.5 Å². The summed E-state index contributed by atoms with van der Waals surface area (Å²) in [4.78, 5) is 0. The Hall–Kier alpha value is -0.500. The van der Waals surface area contributed by atoms with E-state index in [0.717, 1.165) is 25.9 Å². The molecular formula is C12H23NO. The van der Waals surface area contributed by atoms with Crippen molar-refractivity contribution < 1.29 is 4.74 Å². The Morgan fingerprint density at radius 2 is 2.29 bits per heavy atom. The maximum absolute atomic E-state index is 6.08. The zero-order valence-electron chi connectivity index (χ0n) is 9.30. The molecular weight excluding hydrogens is 174 g/mol. The van der Waals surface area contributed by atoms with Gasteiger partial charge in [-0.15, -0.1) is 0 Å². The minimum absolute atomic E-state index is 0.243. The van der Waals surface area contributed by atoms with Crippen molar-refractivity contribution in [2.45, 2.75) is 57.9 Å². The molecule has 1 aliphatic rings. The van der Waals surface area contributed by atoms with Gasteiger partial charge in [-0.3, -0.25) is 0 Å². The minimum Gasteiger partial charge on any atom is -0.501 e. The Kier molecular flexibility index (Phi) is 5.69. The molecule has 0 saturated carbocycles. The lowest BCUT2D eigenvalue weighted by molar-refractivity contribution is 0.220. The fraction of sp³-hybridized carbons (Fsp3) is 0.833. The highest BCUT2D eigenvalue weighted by Gasteiger charge is 2.12. The van der Waals surface area contributed by atoms with Crippen LogP contribution < -0.4 is 5.73 Å². The lowest BCUT2D eigenvalue weighted by atomic mass is 9.97. The highest BCUT2D eigenvalue weighted by Crippen LogP contribution is 2.18. The molecule has 0 aliphatic carbocycles. The molecule has 1 aliphatic heterocycles. The first-order valence-electron chi connectivity index (χ1n) is 5.90. The van der Waals surface area contributed by atoms with Crippen molar-refractivity contribution in [3.8, 4) is 0 Å². The van der Waals surface area contributed by atoms with E-state index < -0.39 is 0 Å². The van der Waals surface area contributed by atoms with E-state index in [1.807, 2.05) is 6.26 Å². The Morgan fingerprint density at radius 3 is 2.93 bits per heavy atom. The van der Waals surface area contributed by atoms with Crippen LogP contribution in [0.4, 0.5) is 0 Å². The van der Waals surface area contributed by atoms with Gasteiger partial charge in [-0.1, -0.05) is 32.6 Å². The summed E-state index contributed by atoms with van der Waals surface area (Å²) >= 11 is 0. The minimum atomic E-state index is 0.243. The van der Waals surface area contributed by atoms with E-state index in [1.54, 1.807) is 0 Å². The SMILES string of the molecule is CCCCCCC(N)C1=COCCC1. The van der Waals surface area contributed by atoms with Gasteiger partial charge in [0.25, 0.3) is 0 Å². The summed E-state index contributed by atoms with van der Waals surface area (Å²) in [5, 5.41) is 0. The van der Waals surface area contributed by atoms with Crippen LogP contribution in [0.2, 0.25) is 0 Å². The second-order valence-electron chi connectivity index (χ2n) is 4.12. The summed E-state index contributed by atoms with van der Waals surface area (Å²) in [6.07, 6.45) is 10.5. The quantitative estimate of drug-likeness (QED) is 0.664. The monoisotopic (exact) mass is 197 g/mol. The van der Waals surface area contributed by atoms with Crippen LogP contribution in [0, 0.1) is 0 Å². The third kappa shape index (κ3) is 4.14. The van der Waals surface area contributed by atoms with Crippen molar-refractivity contribution in [1.29, 1.82) is 0 Å². The van der Waals surface area contributed by atoms with Crippen molar-refractivity contribution in [3.05, 3.63) is 11.8 Å². The van der Waals surface area contributed by atoms with Gasteiger partial charge in [0.2, 0.25) is 0 Å². The first-order chi connectivity index (χ1) is 6.84. The molecule has 82 valence electrons. The van der Waals surface area contributed by atoms with E-state index in [1.165, 1.54) is 31.3 Å². The van der Waals surface area contributed by atoms with Crippen molar-refractivity contribution in [3.63, 3.8) is 0 Å². The number of ether oxygens (including phenoxy) is 1. The summed E-state index contributed by atoms with van der Waals surface area (Å²) in [6, 6.07) is 0.243. The summed E-state index contributed by atoms with van der Waals surface area (Å²) in [5.74, 6) is 0. The van der Waals surface area contributed by atoms with Gasteiger partial charge >= 0.3 is 0 Å². The van der Waals surface area contributed by atoms with Gasteiger partial charge in [0, 0.05) is 6.04 Å². The lowest BCUT2D eigenvalue weighted by Gasteiger charge is -2.19. The maximum Gasteiger partial charge on any atom is 0.0876 e. The van der Waals surface area contributed by atoms with Gasteiger partial charge in [-0.05, 0) is 24.8 Å². The molecule has 0 aromatic heterocycles. The molecule has 1 heterocycles. The van der Waals surface area contributed by atoms with Crippen LogP contribution in [0.25, 0.3) is 0 Å². The molecule has 1 atom stereocenters. The molecule has 0 amide bonds. The zero-order chi connectivity index (χ0) is 10.2. The molecule has 0 aromatic carbocycles. The molecule has 0 radical (unpaired) electrons. The van der Waals surface area contributed by atoms with E-state index in [9.17, 15) is 0 Å². The van der Waals surface area contributed by atoms with Crippen LogP contribution in [0.1, 0.15) is 51.9 Å². The number of nitrogens with two attached hydrogens (primary N) is 1. The van der Waals surface area contributed by atoms with Crippen LogP contribution in [0.5, 0.6) is 0 Å². The van der Waals surface area contributed by atoms with Gasteiger partial charge in [0.05, 0.1) is 12.9 Å². The van der Waals surface area contributed by atoms with Gasteiger partial charge in [-0.2, -0.15) is 0 Å². The van der Waals surface area contributed by atoms with Crippen LogP contribution in [0.3, 0.4) is 0 Å². The molecule has 0 bridgehead atoms. The van der Waals surface area contributed by atoms with Gasteiger partial charge in [0.1, 0.15) is 0 Å². The molecule has 1 unspecified atom stereocenters. The normalized spacial score (nSPS) is 18.6. The van der Waals surface area contributed by atoms with E-state index in [0.29, 0.717) is 0 Å². The Morgan fingerprint density at radius 1 is 1.43 bits per heavy atom. The number of hydrogen-bond acceptors (Lipinski definition) is 2. The predicted molar refractivity (Wildman–Crippen MR) is 60.0 cm³/mol. The average molecular weight is 197 g/mol. The van der Waals surface area contributed by atoms with Crippen molar-refractivity contribution in [2.75, 3.05) is 6.61 Å². The van der Waals surface area contributed by atoms with Crippen molar-refractivity contribution in [2.24, 2.45) is 5.73 Å². The second kappa shape index (κ2) is 6.88. The molecule has 0 saturated heterocycles. The number of unbranched alkanes of at least 4 members (excludes halogenated alkanes) is 3. The largest absolute Gasteiger partial charge is 0.501 e. The lowest BCUT2D eigenvalue weighted by Crippen LogP contribution is -2.24. The molecule has 0 spiro atoms. The molecule has 2 nitrogen and oxygen atoms in total. The maximum atomic E-state index is 6.08. The summed E-state index contributed by atoms with van der Waals surface area (Å²) in [5.41, 5.74) is 7.40. The third-order valence-electron chi connectivity index (χ3n) is 2.81. The zero-order valence-corrected chi connectivity index (χ0v) is 9.30. The number of hydrogen-bond donors (Lipinski definition) is 1. The first kappa shape index (κ1) is 11.6. The van der Waals surface area contributed by atoms with Gasteiger partial charge in [0.15, 0.2) is 0 Å². The van der Waals surface area contributed by atoms with Crippen molar-refractivity contribution in [1.82, 2.24) is 0 Å². The Bertz CT molecular complexity index is 177. The van der Waals surface area contributed by atoms with E-state index in [4.69, 9.17) is 10.5 Å². The van der Waals surface area contributed by atoms with Gasteiger partial charge in [-0.25, -0.2) is 0 Å². The molecule has 0 fully saturated rings. The molecule has 2 heteroatoms. The van der Waals surface area contributed by atoms with E-state index >= 15 is 0 Å². The fourth-order valence-electron chi connectivity index (χ4n) is 1.83. The summed E-state index contributed by atoms with van der Waals surface area (Å²) < 4.78 is 5.29. The molecule has 2 N–H and O–H groups in total.